The van der Waals surface area contributed by atoms with Crippen LogP contribution in [-0.4, -0.2) is 48.1 Å². The lowest BCUT2D eigenvalue weighted by Crippen LogP contribution is -2.46. The van der Waals surface area contributed by atoms with E-state index < -0.39 is 0 Å². The molecule has 0 saturated carbocycles. The maximum atomic E-state index is 5.99. The van der Waals surface area contributed by atoms with Gasteiger partial charge in [-0.3, -0.25) is 4.90 Å². The van der Waals surface area contributed by atoms with Crippen LogP contribution in [0.3, 0.4) is 0 Å². The molecule has 3 heterocycles. The highest BCUT2D eigenvalue weighted by Crippen LogP contribution is 2.22. The molecule has 22 heavy (non-hydrogen) atoms. The first-order valence-electron chi connectivity index (χ1n) is 7.47. The van der Waals surface area contributed by atoms with Gasteiger partial charge in [-0.1, -0.05) is 0 Å². The smallest absolute Gasteiger partial charge is 0.229 e. The zero-order valence-electron chi connectivity index (χ0n) is 13.0. The Hall–Kier alpha value is -1.86. The van der Waals surface area contributed by atoms with Gasteiger partial charge in [0, 0.05) is 45.3 Å². The number of nitrogens with one attached hydrogen (secondary N) is 1. The number of thiophene rings is 1. The van der Waals surface area contributed by atoms with Gasteiger partial charge in [-0.05, 0) is 29.3 Å². The SMILES string of the molecule is CNc1nc(N2CCN(Cc3ccsc3)CC2)nc(N)c1C. The summed E-state index contributed by atoms with van der Waals surface area (Å²) in [5.74, 6) is 2.08. The van der Waals surface area contributed by atoms with E-state index in [0.29, 0.717) is 5.82 Å². The molecule has 7 heteroatoms. The Morgan fingerprint density at radius 2 is 2.05 bits per heavy atom. The van der Waals surface area contributed by atoms with Crippen LogP contribution in [0.4, 0.5) is 17.6 Å². The molecule has 6 nitrogen and oxygen atoms in total. The molecule has 2 aromatic rings. The van der Waals surface area contributed by atoms with E-state index >= 15 is 0 Å². The third-order valence-electron chi connectivity index (χ3n) is 4.05. The third kappa shape index (κ3) is 3.15. The van der Waals surface area contributed by atoms with Gasteiger partial charge in [0.05, 0.1) is 0 Å². The maximum Gasteiger partial charge on any atom is 0.229 e. The van der Waals surface area contributed by atoms with Crippen molar-refractivity contribution in [3.8, 4) is 0 Å². The van der Waals surface area contributed by atoms with Crippen LogP contribution in [0.5, 0.6) is 0 Å². The molecule has 0 aromatic carbocycles. The number of piperazine rings is 1. The van der Waals surface area contributed by atoms with E-state index in [9.17, 15) is 0 Å². The fourth-order valence-corrected chi connectivity index (χ4v) is 3.31. The van der Waals surface area contributed by atoms with Gasteiger partial charge in [0.1, 0.15) is 11.6 Å². The molecular formula is C15H22N6S. The second-order valence-corrected chi connectivity index (χ2v) is 6.31. The van der Waals surface area contributed by atoms with Crippen LogP contribution < -0.4 is 16.0 Å². The number of nitrogen functional groups attached to an aromatic ring is 1. The van der Waals surface area contributed by atoms with Gasteiger partial charge in [-0.15, -0.1) is 0 Å². The summed E-state index contributed by atoms with van der Waals surface area (Å²) in [5, 5.41) is 7.44. The van der Waals surface area contributed by atoms with Crippen molar-refractivity contribution in [2.24, 2.45) is 0 Å². The summed E-state index contributed by atoms with van der Waals surface area (Å²) in [7, 11) is 1.86. The Bertz CT molecular complexity index is 619. The summed E-state index contributed by atoms with van der Waals surface area (Å²) in [5.41, 5.74) is 8.29. The average Bonchev–Trinajstić information content (AvgIpc) is 3.03. The molecule has 0 bridgehead atoms. The Labute approximate surface area is 135 Å². The fourth-order valence-electron chi connectivity index (χ4n) is 2.65. The molecule has 0 unspecified atom stereocenters. The first kappa shape index (κ1) is 15.1. The summed E-state index contributed by atoms with van der Waals surface area (Å²) in [6.45, 7) is 6.84. The van der Waals surface area contributed by atoms with Crippen LogP contribution in [0, 0.1) is 6.92 Å². The molecule has 0 atom stereocenters. The van der Waals surface area contributed by atoms with Crippen LogP contribution in [0.2, 0.25) is 0 Å². The molecule has 0 radical (unpaired) electrons. The van der Waals surface area contributed by atoms with E-state index in [0.717, 1.165) is 50.1 Å². The second-order valence-electron chi connectivity index (χ2n) is 5.53. The molecule has 1 aliphatic rings. The van der Waals surface area contributed by atoms with E-state index in [1.54, 1.807) is 11.3 Å². The van der Waals surface area contributed by atoms with Crippen LogP contribution in [-0.2, 0) is 6.54 Å². The predicted octanol–water partition coefficient (Wildman–Crippen LogP) is 1.79. The third-order valence-corrected chi connectivity index (χ3v) is 4.78. The normalized spacial score (nSPS) is 16.0. The summed E-state index contributed by atoms with van der Waals surface area (Å²) < 4.78 is 0. The number of nitrogens with two attached hydrogens (primary N) is 1. The molecule has 1 saturated heterocycles. The maximum absolute atomic E-state index is 5.99. The van der Waals surface area contributed by atoms with Crippen LogP contribution in [0.1, 0.15) is 11.1 Å². The van der Waals surface area contributed by atoms with E-state index in [-0.39, 0.29) is 0 Å². The van der Waals surface area contributed by atoms with Crippen molar-refractivity contribution in [2.75, 3.05) is 49.2 Å². The van der Waals surface area contributed by atoms with Gasteiger partial charge >= 0.3 is 0 Å². The van der Waals surface area contributed by atoms with Crippen LogP contribution >= 0.6 is 11.3 Å². The van der Waals surface area contributed by atoms with E-state index in [2.05, 4.69) is 41.9 Å². The predicted molar refractivity (Wildman–Crippen MR) is 92.5 cm³/mol. The largest absolute Gasteiger partial charge is 0.383 e. The van der Waals surface area contributed by atoms with E-state index in [4.69, 9.17) is 5.73 Å². The van der Waals surface area contributed by atoms with Gasteiger partial charge in [0.25, 0.3) is 0 Å². The Morgan fingerprint density at radius 3 is 2.68 bits per heavy atom. The number of rotatable bonds is 4. The first-order valence-corrected chi connectivity index (χ1v) is 8.42. The number of anilines is 3. The Balaban J connectivity index is 1.65. The monoisotopic (exact) mass is 318 g/mol. The Kier molecular flexibility index (Phi) is 4.44. The number of aromatic nitrogens is 2. The highest BCUT2D eigenvalue weighted by atomic mass is 32.1. The lowest BCUT2D eigenvalue weighted by Gasteiger charge is -2.34. The van der Waals surface area contributed by atoms with Crippen molar-refractivity contribution in [1.82, 2.24) is 14.9 Å². The molecule has 2 aromatic heterocycles. The summed E-state index contributed by atoms with van der Waals surface area (Å²) in [6, 6.07) is 2.19. The van der Waals surface area contributed by atoms with Gasteiger partial charge in [0.2, 0.25) is 5.95 Å². The zero-order chi connectivity index (χ0) is 15.5. The highest BCUT2D eigenvalue weighted by molar-refractivity contribution is 7.07. The van der Waals surface area contributed by atoms with Crippen molar-refractivity contribution in [1.29, 1.82) is 0 Å². The number of hydrogen-bond acceptors (Lipinski definition) is 7. The quantitative estimate of drug-likeness (QED) is 0.896. The van der Waals surface area contributed by atoms with Gasteiger partial charge in [0.15, 0.2) is 0 Å². The highest BCUT2D eigenvalue weighted by Gasteiger charge is 2.20. The lowest BCUT2D eigenvalue weighted by atomic mass is 10.2. The zero-order valence-corrected chi connectivity index (χ0v) is 13.9. The molecule has 0 amide bonds. The average molecular weight is 318 g/mol. The minimum absolute atomic E-state index is 0.551. The minimum Gasteiger partial charge on any atom is -0.383 e. The van der Waals surface area contributed by atoms with Gasteiger partial charge in [-0.25, -0.2) is 0 Å². The van der Waals surface area contributed by atoms with Crippen molar-refractivity contribution in [2.45, 2.75) is 13.5 Å². The summed E-state index contributed by atoms with van der Waals surface area (Å²) in [6.07, 6.45) is 0. The fraction of sp³-hybridized carbons (Fsp3) is 0.467. The van der Waals surface area contributed by atoms with Crippen molar-refractivity contribution in [3.05, 3.63) is 28.0 Å². The second kappa shape index (κ2) is 6.50. The first-order chi connectivity index (χ1) is 10.7. The summed E-state index contributed by atoms with van der Waals surface area (Å²) >= 11 is 1.75. The number of nitrogens with zero attached hydrogens (tertiary/aromatic N) is 4. The van der Waals surface area contributed by atoms with Crippen LogP contribution in [0.25, 0.3) is 0 Å². The molecule has 118 valence electrons. The van der Waals surface area contributed by atoms with Crippen molar-refractivity contribution in [3.63, 3.8) is 0 Å². The minimum atomic E-state index is 0.551. The lowest BCUT2D eigenvalue weighted by molar-refractivity contribution is 0.249. The van der Waals surface area contributed by atoms with Crippen molar-refractivity contribution >= 4 is 28.9 Å². The standard InChI is InChI=1S/C15H22N6S/c1-11-13(16)18-15(19-14(11)17-2)21-6-4-20(5-7-21)9-12-3-8-22-10-12/h3,8,10H,4-7,9H2,1-2H3,(H3,16,17,18,19). The molecule has 3 N–H and O–H groups in total. The molecule has 3 rings (SSSR count). The summed E-state index contributed by atoms with van der Waals surface area (Å²) in [4.78, 5) is 13.7. The van der Waals surface area contributed by atoms with E-state index in [1.807, 2.05) is 14.0 Å². The van der Waals surface area contributed by atoms with Crippen LogP contribution in [0.15, 0.2) is 16.8 Å². The van der Waals surface area contributed by atoms with Crippen molar-refractivity contribution < 1.29 is 0 Å². The van der Waals surface area contributed by atoms with E-state index in [1.165, 1.54) is 5.56 Å². The Morgan fingerprint density at radius 1 is 1.27 bits per heavy atom. The number of hydrogen-bond donors (Lipinski definition) is 2. The molecule has 1 fully saturated rings. The van der Waals surface area contributed by atoms with Gasteiger partial charge < -0.3 is 16.0 Å². The molecule has 1 aliphatic heterocycles. The molecule has 0 aliphatic carbocycles. The molecule has 0 spiro atoms. The molecular weight excluding hydrogens is 296 g/mol. The van der Waals surface area contributed by atoms with Gasteiger partial charge in [-0.2, -0.15) is 21.3 Å². The topological polar surface area (TPSA) is 70.3 Å².